The van der Waals surface area contributed by atoms with E-state index in [9.17, 15) is 9.59 Å². The van der Waals surface area contributed by atoms with E-state index in [1.54, 1.807) is 12.1 Å². The van der Waals surface area contributed by atoms with E-state index in [0.29, 0.717) is 23.7 Å². The number of esters is 2. The smallest absolute Gasteiger partial charge is 0.331 e. The van der Waals surface area contributed by atoms with Gasteiger partial charge >= 0.3 is 11.9 Å². The lowest BCUT2D eigenvalue weighted by Crippen LogP contribution is -2.43. The third-order valence-electron chi connectivity index (χ3n) is 4.71. The van der Waals surface area contributed by atoms with Gasteiger partial charge < -0.3 is 9.47 Å². The first-order valence-electron chi connectivity index (χ1n) is 9.74. The average molecular weight is 440 g/mol. The molecule has 1 aromatic rings. The van der Waals surface area contributed by atoms with Crippen molar-refractivity contribution >= 4 is 36.2 Å². The van der Waals surface area contributed by atoms with Crippen molar-refractivity contribution in [3.8, 4) is 0 Å². The highest BCUT2D eigenvalue weighted by molar-refractivity contribution is 7.80. The first kappa shape index (κ1) is 23.8. The minimum Gasteiger partial charge on any atom is -0.468 e. The summed E-state index contributed by atoms with van der Waals surface area (Å²) in [6.07, 6.45) is 3.21. The van der Waals surface area contributed by atoms with Gasteiger partial charge in [0.2, 0.25) is 0 Å². The largest absolute Gasteiger partial charge is 0.468 e. The van der Waals surface area contributed by atoms with Gasteiger partial charge in [0.15, 0.2) is 0 Å². The summed E-state index contributed by atoms with van der Waals surface area (Å²) in [7, 11) is 1.37. The zero-order chi connectivity index (χ0) is 21.6. The summed E-state index contributed by atoms with van der Waals surface area (Å²) in [6.45, 7) is 6.67. The van der Waals surface area contributed by atoms with E-state index in [1.807, 2.05) is 43.9 Å². The number of halogens is 1. The van der Waals surface area contributed by atoms with Gasteiger partial charge in [-0.2, -0.15) is 12.6 Å². The lowest BCUT2D eigenvalue weighted by Gasteiger charge is -2.38. The molecule has 1 fully saturated rings. The second-order valence-electron chi connectivity index (χ2n) is 8.30. The Hall–Kier alpha value is -1.50. The first-order valence-corrected chi connectivity index (χ1v) is 10.7. The molecule has 0 N–H and O–H groups in total. The molecule has 0 aliphatic carbocycles. The molecule has 0 amide bonds. The van der Waals surface area contributed by atoms with Gasteiger partial charge in [-0.3, -0.25) is 4.90 Å². The first-order chi connectivity index (χ1) is 13.6. The number of carbonyl (C=O) groups is 2. The van der Waals surface area contributed by atoms with Crippen LogP contribution in [0.3, 0.4) is 0 Å². The van der Waals surface area contributed by atoms with Gasteiger partial charge in [-0.1, -0.05) is 29.8 Å². The molecule has 1 aliphatic heterocycles. The molecular formula is C22H30ClNO4S. The fourth-order valence-corrected chi connectivity index (χ4v) is 4.22. The fraction of sp³-hybridized carbons (Fsp3) is 0.545. The molecule has 7 heteroatoms. The molecule has 2 atom stereocenters. The van der Waals surface area contributed by atoms with Crippen LogP contribution in [0.15, 0.2) is 35.9 Å². The van der Waals surface area contributed by atoms with E-state index in [2.05, 4.69) is 12.6 Å². The Kier molecular flexibility index (Phi) is 8.61. The van der Waals surface area contributed by atoms with Gasteiger partial charge in [0.25, 0.3) is 0 Å². The summed E-state index contributed by atoms with van der Waals surface area (Å²) >= 11 is 10.8. The van der Waals surface area contributed by atoms with E-state index in [4.69, 9.17) is 21.1 Å². The van der Waals surface area contributed by atoms with Crippen molar-refractivity contribution in [2.45, 2.75) is 45.3 Å². The van der Waals surface area contributed by atoms with Crippen LogP contribution in [-0.4, -0.2) is 48.4 Å². The molecule has 0 saturated carbocycles. The molecule has 0 radical (unpaired) electrons. The second-order valence-corrected chi connectivity index (χ2v) is 9.15. The maximum Gasteiger partial charge on any atom is 0.331 e. The quantitative estimate of drug-likeness (QED) is 0.402. The number of thiol groups is 1. The number of benzene rings is 1. The molecule has 0 spiro atoms. The summed E-state index contributed by atoms with van der Waals surface area (Å²) in [4.78, 5) is 27.1. The molecule has 160 valence electrons. The number of nitrogens with zero attached hydrogens (tertiary/aromatic N) is 1. The molecule has 1 aromatic carbocycles. The normalized spacial score (nSPS) is 20.3. The minimum absolute atomic E-state index is 0.268. The van der Waals surface area contributed by atoms with Crippen molar-refractivity contribution in [1.82, 2.24) is 4.90 Å². The Balaban J connectivity index is 2.35. The zero-order valence-corrected chi connectivity index (χ0v) is 19.1. The van der Waals surface area contributed by atoms with Crippen LogP contribution in [0.4, 0.5) is 0 Å². The maximum absolute atomic E-state index is 12.7. The van der Waals surface area contributed by atoms with Crippen LogP contribution >= 0.6 is 24.2 Å². The number of hydrogen-bond acceptors (Lipinski definition) is 6. The lowest BCUT2D eigenvalue weighted by molar-refractivity contribution is -0.148. The van der Waals surface area contributed by atoms with Crippen LogP contribution in [0.25, 0.3) is 0 Å². The summed E-state index contributed by atoms with van der Waals surface area (Å²) in [6, 6.07) is 6.64. The number of rotatable bonds is 6. The summed E-state index contributed by atoms with van der Waals surface area (Å²) in [5.41, 5.74) is 1.07. The van der Waals surface area contributed by atoms with Gasteiger partial charge in [0.05, 0.1) is 7.11 Å². The van der Waals surface area contributed by atoms with Gasteiger partial charge in [-0.25, -0.2) is 9.59 Å². The predicted octanol–water partition coefficient (Wildman–Crippen LogP) is 4.46. The highest BCUT2D eigenvalue weighted by Crippen LogP contribution is 2.34. The minimum atomic E-state index is -0.640. The topological polar surface area (TPSA) is 55.8 Å². The van der Waals surface area contributed by atoms with Crippen molar-refractivity contribution in [3.05, 3.63) is 46.5 Å². The van der Waals surface area contributed by atoms with Crippen LogP contribution in [0.2, 0.25) is 5.02 Å². The van der Waals surface area contributed by atoms with E-state index in [1.165, 1.54) is 7.11 Å². The van der Waals surface area contributed by atoms with Gasteiger partial charge in [-0.05, 0) is 62.5 Å². The van der Waals surface area contributed by atoms with Crippen molar-refractivity contribution < 1.29 is 19.1 Å². The standard InChI is InChI=1S/C22H30ClNO4S/c1-22(2,3)28-19(25)12-16-11-15(9-10-29)13-24(14-16)20(21(26)27-4)17-7-5-6-8-18(17)23/h5-8,12,15,20,29H,9-11,13-14H2,1-4H3/b16-12+. The van der Waals surface area contributed by atoms with Crippen LogP contribution < -0.4 is 0 Å². The Morgan fingerprint density at radius 2 is 2.03 bits per heavy atom. The van der Waals surface area contributed by atoms with E-state index < -0.39 is 11.6 Å². The fourth-order valence-electron chi connectivity index (χ4n) is 3.61. The summed E-state index contributed by atoms with van der Waals surface area (Å²) < 4.78 is 10.5. The van der Waals surface area contributed by atoms with Gasteiger partial charge in [-0.15, -0.1) is 0 Å². The van der Waals surface area contributed by atoms with Gasteiger partial charge in [0, 0.05) is 24.2 Å². The van der Waals surface area contributed by atoms with Crippen molar-refractivity contribution in [3.63, 3.8) is 0 Å². The molecule has 1 aliphatic rings. The Bertz CT molecular complexity index is 759. The lowest BCUT2D eigenvalue weighted by atomic mass is 9.89. The second kappa shape index (κ2) is 10.5. The number of piperidine rings is 1. The molecule has 2 unspecified atom stereocenters. The number of carbonyl (C=O) groups excluding carboxylic acids is 2. The Morgan fingerprint density at radius 3 is 2.62 bits per heavy atom. The third-order valence-corrected chi connectivity index (χ3v) is 5.31. The SMILES string of the molecule is COC(=O)C(c1ccccc1Cl)N1C/C(=C/C(=O)OC(C)(C)C)CC(CCS)C1. The molecule has 5 nitrogen and oxygen atoms in total. The number of ether oxygens (including phenoxy) is 2. The predicted molar refractivity (Wildman–Crippen MR) is 118 cm³/mol. The average Bonchev–Trinajstić information content (AvgIpc) is 2.62. The zero-order valence-electron chi connectivity index (χ0n) is 17.5. The van der Waals surface area contributed by atoms with Crippen LogP contribution in [0.1, 0.15) is 45.2 Å². The van der Waals surface area contributed by atoms with Gasteiger partial charge in [0.1, 0.15) is 11.6 Å². The Morgan fingerprint density at radius 1 is 1.34 bits per heavy atom. The van der Waals surface area contributed by atoms with Crippen molar-refractivity contribution in [2.75, 3.05) is 26.0 Å². The molecule has 0 aromatic heterocycles. The van der Waals surface area contributed by atoms with Crippen molar-refractivity contribution in [2.24, 2.45) is 5.92 Å². The monoisotopic (exact) mass is 439 g/mol. The molecule has 29 heavy (non-hydrogen) atoms. The molecular weight excluding hydrogens is 410 g/mol. The summed E-state index contributed by atoms with van der Waals surface area (Å²) in [5, 5.41) is 0.511. The molecule has 0 bridgehead atoms. The van der Waals surface area contributed by atoms with E-state index >= 15 is 0 Å². The summed E-state index contributed by atoms with van der Waals surface area (Å²) in [5.74, 6) is 0.255. The number of likely N-dealkylation sites (tertiary alicyclic amines) is 1. The molecule has 1 saturated heterocycles. The van der Waals surface area contributed by atoms with Crippen LogP contribution in [-0.2, 0) is 19.1 Å². The van der Waals surface area contributed by atoms with E-state index in [-0.39, 0.29) is 17.9 Å². The maximum atomic E-state index is 12.7. The molecule has 2 rings (SSSR count). The van der Waals surface area contributed by atoms with E-state index in [0.717, 1.165) is 24.2 Å². The highest BCUT2D eigenvalue weighted by Gasteiger charge is 2.35. The Labute approximate surface area is 183 Å². The third kappa shape index (κ3) is 7.05. The van der Waals surface area contributed by atoms with Crippen LogP contribution in [0.5, 0.6) is 0 Å². The number of hydrogen-bond donors (Lipinski definition) is 1. The van der Waals surface area contributed by atoms with Crippen molar-refractivity contribution in [1.29, 1.82) is 0 Å². The molecule has 1 heterocycles. The number of methoxy groups -OCH3 is 1. The van der Waals surface area contributed by atoms with Crippen LogP contribution in [0, 0.1) is 5.92 Å². The highest BCUT2D eigenvalue weighted by atomic mass is 35.5.